The third kappa shape index (κ3) is 7.69. The minimum atomic E-state index is -0.746. The first-order chi connectivity index (χ1) is 21.8. The van der Waals surface area contributed by atoms with E-state index in [4.69, 9.17) is 25.7 Å². The first kappa shape index (κ1) is 31.1. The molecule has 6 rings (SSSR count). The Bertz CT molecular complexity index is 1490. The fourth-order valence-electron chi connectivity index (χ4n) is 5.95. The third-order valence-electron chi connectivity index (χ3n) is 8.78. The fourth-order valence-corrected chi connectivity index (χ4v) is 6.28. The number of hydrogen-bond acceptors (Lipinski definition) is 10. The van der Waals surface area contributed by atoms with Crippen LogP contribution in [0.4, 0.5) is 11.6 Å². The van der Waals surface area contributed by atoms with Crippen LogP contribution in [-0.2, 0) is 24.4 Å². The number of aromatic nitrogens is 2. The van der Waals surface area contributed by atoms with Crippen LogP contribution >= 0.6 is 11.6 Å². The predicted octanol–water partition coefficient (Wildman–Crippen LogP) is 3.08. The molecule has 13 heteroatoms. The molecule has 3 aliphatic rings. The lowest BCUT2D eigenvalue weighted by molar-refractivity contribution is -0.129. The first-order valence-corrected chi connectivity index (χ1v) is 16.0. The van der Waals surface area contributed by atoms with Crippen molar-refractivity contribution in [2.24, 2.45) is 0 Å². The van der Waals surface area contributed by atoms with Gasteiger partial charge in [0.05, 0.1) is 17.3 Å². The van der Waals surface area contributed by atoms with Crippen LogP contribution in [0.15, 0.2) is 41.3 Å². The molecule has 2 fully saturated rings. The van der Waals surface area contributed by atoms with Gasteiger partial charge in [0.2, 0.25) is 5.91 Å². The topological polar surface area (TPSA) is 136 Å². The van der Waals surface area contributed by atoms with Crippen molar-refractivity contribution in [3.63, 3.8) is 0 Å². The van der Waals surface area contributed by atoms with E-state index < -0.39 is 6.10 Å². The normalized spacial score (nSPS) is 17.8. The number of nitrogens with zero attached hydrogens (tertiary/aromatic N) is 5. The van der Waals surface area contributed by atoms with Crippen LogP contribution in [0.3, 0.4) is 0 Å². The second-order valence-electron chi connectivity index (χ2n) is 12.0. The van der Waals surface area contributed by atoms with Gasteiger partial charge in [0.1, 0.15) is 24.0 Å². The Balaban J connectivity index is 1.03. The number of aliphatic hydroxyl groups excluding tert-OH is 1. The Hall–Kier alpha value is -3.87. The number of piperazine rings is 1. The van der Waals surface area contributed by atoms with E-state index in [9.17, 15) is 14.7 Å². The Morgan fingerprint density at radius 2 is 2.00 bits per heavy atom. The summed E-state index contributed by atoms with van der Waals surface area (Å²) in [5.74, 6) is 2.42. The summed E-state index contributed by atoms with van der Waals surface area (Å²) in [6, 6.07) is 7.81. The number of β-amino-alcohol motifs (C(OH)–C–C–N with tert-alkyl or cyclic N) is 1. The van der Waals surface area contributed by atoms with Gasteiger partial charge < -0.3 is 34.7 Å². The van der Waals surface area contributed by atoms with E-state index in [1.54, 1.807) is 25.3 Å². The highest BCUT2D eigenvalue weighted by Gasteiger charge is 2.25. The summed E-state index contributed by atoms with van der Waals surface area (Å²) >= 11 is 6.68. The van der Waals surface area contributed by atoms with Crippen molar-refractivity contribution in [1.82, 2.24) is 25.1 Å². The Morgan fingerprint density at radius 1 is 1.18 bits per heavy atom. The number of pyridine rings is 1. The minimum absolute atomic E-state index is 0.0677. The van der Waals surface area contributed by atoms with E-state index in [1.807, 2.05) is 17.0 Å². The van der Waals surface area contributed by atoms with Crippen molar-refractivity contribution in [3.05, 3.63) is 64.3 Å². The fraction of sp³-hybridized carbons (Fsp3) is 0.500. The molecule has 2 aromatic heterocycles. The van der Waals surface area contributed by atoms with Crippen LogP contribution in [0.1, 0.15) is 53.4 Å². The standard InChI is InChI=1S/C32H40ClN7O5/c1-21(41)39-9-11-40(12-10-39)30-14-23(13-29(37-30)36-24-3-2-4-24)32(43)35-15-25(42)18-38-8-7-27-22(17-38)5-6-28(31(27)33)44-19-26-16-34-20-45-26/h5-6,13-14,16,20,24-25,42H,2-4,7-12,15,17-19H2,1H3,(H,35,43)(H,36,37)/t25-/m0/s1. The van der Waals surface area contributed by atoms with Crippen molar-refractivity contribution in [3.8, 4) is 5.75 Å². The summed E-state index contributed by atoms with van der Waals surface area (Å²) in [6.45, 7) is 6.29. The van der Waals surface area contributed by atoms with Crippen LogP contribution in [0, 0.1) is 0 Å². The first-order valence-electron chi connectivity index (χ1n) is 15.6. The number of hydrogen-bond donors (Lipinski definition) is 3. The molecular formula is C32H40ClN7O5. The monoisotopic (exact) mass is 637 g/mol. The van der Waals surface area contributed by atoms with Crippen LogP contribution in [0.2, 0.25) is 5.02 Å². The average molecular weight is 638 g/mol. The molecule has 0 spiro atoms. The Labute approximate surface area is 267 Å². The van der Waals surface area contributed by atoms with E-state index in [0.717, 1.165) is 36.9 Å². The van der Waals surface area contributed by atoms with Gasteiger partial charge >= 0.3 is 0 Å². The molecule has 1 aliphatic carbocycles. The van der Waals surface area contributed by atoms with E-state index in [1.165, 1.54) is 12.8 Å². The maximum atomic E-state index is 13.3. The number of benzene rings is 1. The van der Waals surface area contributed by atoms with Crippen LogP contribution < -0.4 is 20.3 Å². The van der Waals surface area contributed by atoms with Crippen LogP contribution in [0.5, 0.6) is 5.75 Å². The lowest BCUT2D eigenvalue weighted by Crippen LogP contribution is -2.48. The molecule has 1 saturated carbocycles. The van der Waals surface area contributed by atoms with E-state index in [0.29, 0.717) is 79.0 Å². The molecule has 2 aliphatic heterocycles. The number of fused-ring (bicyclic) bond motifs is 1. The van der Waals surface area contributed by atoms with E-state index >= 15 is 0 Å². The molecule has 1 saturated heterocycles. The van der Waals surface area contributed by atoms with Crippen molar-refractivity contribution < 1.29 is 23.8 Å². The number of carbonyl (C=O) groups excluding carboxylic acids is 2. The van der Waals surface area contributed by atoms with Gasteiger partial charge in [-0.2, -0.15) is 0 Å². The zero-order valence-electron chi connectivity index (χ0n) is 25.5. The van der Waals surface area contributed by atoms with Gasteiger partial charge in [-0.1, -0.05) is 17.7 Å². The number of anilines is 2. The SMILES string of the molecule is CC(=O)N1CCN(c2cc(C(=O)NC[C@H](O)CN3CCc4c(ccc(OCc5cnco5)c4Cl)C3)cc(NC3CCC3)n2)CC1. The van der Waals surface area contributed by atoms with Crippen LogP contribution in [-0.4, -0.2) is 94.6 Å². The van der Waals surface area contributed by atoms with E-state index in [2.05, 4.69) is 25.4 Å². The maximum Gasteiger partial charge on any atom is 0.251 e. The molecule has 3 N–H and O–H groups in total. The highest BCUT2D eigenvalue weighted by Crippen LogP contribution is 2.34. The maximum absolute atomic E-state index is 13.3. The van der Waals surface area contributed by atoms with Crippen molar-refractivity contribution in [1.29, 1.82) is 0 Å². The highest BCUT2D eigenvalue weighted by molar-refractivity contribution is 6.33. The summed E-state index contributed by atoms with van der Waals surface area (Å²) in [5.41, 5.74) is 2.63. The third-order valence-corrected chi connectivity index (χ3v) is 9.19. The molecular weight excluding hydrogens is 598 g/mol. The molecule has 45 heavy (non-hydrogen) atoms. The summed E-state index contributed by atoms with van der Waals surface area (Å²) in [6.07, 6.45) is 6.31. The largest absolute Gasteiger partial charge is 0.484 e. The van der Waals surface area contributed by atoms with Gasteiger partial charge in [0.25, 0.3) is 5.91 Å². The van der Waals surface area contributed by atoms with Gasteiger partial charge in [-0.25, -0.2) is 9.97 Å². The van der Waals surface area contributed by atoms with E-state index in [-0.39, 0.29) is 25.0 Å². The molecule has 1 aromatic carbocycles. The molecule has 0 unspecified atom stereocenters. The summed E-state index contributed by atoms with van der Waals surface area (Å²) in [5, 5.41) is 17.8. The van der Waals surface area contributed by atoms with Gasteiger partial charge in [-0.3, -0.25) is 14.5 Å². The molecule has 240 valence electrons. The zero-order valence-corrected chi connectivity index (χ0v) is 26.3. The number of oxazole rings is 1. The molecule has 0 radical (unpaired) electrons. The molecule has 2 amide bonds. The van der Waals surface area contributed by atoms with Gasteiger partial charge in [-0.05, 0) is 55.0 Å². The molecule has 3 aromatic rings. The number of nitrogens with one attached hydrogen (secondary N) is 2. The Kier molecular flexibility index (Phi) is 9.72. The lowest BCUT2D eigenvalue weighted by atomic mass is 9.93. The predicted molar refractivity (Wildman–Crippen MR) is 170 cm³/mol. The minimum Gasteiger partial charge on any atom is -0.484 e. The second kappa shape index (κ2) is 14.1. The lowest BCUT2D eigenvalue weighted by Gasteiger charge is -2.35. The van der Waals surface area contributed by atoms with Gasteiger partial charge in [-0.15, -0.1) is 0 Å². The molecule has 1 atom stereocenters. The smallest absolute Gasteiger partial charge is 0.251 e. The van der Waals surface area contributed by atoms with Crippen LogP contribution in [0.25, 0.3) is 0 Å². The highest BCUT2D eigenvalue weighted by atomic mass is 35.5. The summed E-state index contributed by atoms with van der Waals surface area (Å²) in [4.78, 5) is 39.9. The molecule has 0 bridgehead atoms. The summed E-state index contributed by atoms with van der Waals surface area (Å²) in [7, 11) is 0. The molecule has 12 nitrogen and oxygen atoms in total. The summed E-state index contributed by atoms with van der Waals surface area (Å²) < 4.78 is 11.1. The number of rotatable bonds is 11. The number of aliphatic hydroxyl groups is 1. The molecule has 4 heterocycles. The number of ether oxygens (including phenoxy) is 1. The second-order valence-corrected chi connectivity index (χ2v) is 12.4. The van der Waals surface area contributed by atoms with Crippen molar-refractivity contribution in [2.75, 3.05) is 56.0 Å². The van der Waals surface area contributed by atoms with Gasteiger partial charge in [0.15, 0.2) is 12.2 Å². The quantitative estimate of drug-likeness (QED) is 0.288. The van der Waals surface area contributed by atoms with Crippen molar-refractivity contribution in [2.45, 2.75) is 57.9 Å². The van der Waals surface area contributed by atoms with Gasteiger partial charge in [0, 0.05) is 70.9 Å². The average Bonchev–Trinajstić information content (AvgIpc) is 3.55. The zero-order chi connectivity index (χ0) is 31.3. The number of carbonyl (C=O) groups is 2. The number of amides is 2. The van der Waals surface area contributed by atoms with Crippen molar-refractivity contribution >= 4 is 35.1 Å². The Morgan fingerprint density at radius 3 is 2.71 bits per heavy atom. The number of halogens is 1.